The lowest BCUT2D eigenvalue weighted by atomic mass is 9.93. The fraction of sp³-hybridized carbons (Fsp3) is 0.818. The van der Waals surface area contributed by atoms with Gasteiger partial charge in [0.25, 0.3) is 0 Å². The normalized spacial score (nSPS) is 32.8. The lowest BCUT2D eigenvalue weighted by Crippen LogP contribution is -2.39. The molecule has 0 bridgehead atoms. The maximum atomic E-state index is 11.2. The minimum atomic E-state index is -0.231. The molecule has 2 aliphatic rings. The van der Waals surface area contributed by atoms with Crippen molar-refractivity contribution in [2.24, 2.45) is 11.7 Å². The summed E-state index contributed by atoms with van der Waals surface area (Å²) in [6.07, 6.45) is 2.28. The zero-order valence-electron chi connectivity index (χ0n) is 9.94. The Morgan fingerprint density at radius 2 is 2.35 bits per heavy atom. The predicted octanol–water partition coefficient (Wildman–Crippen LogP) is 0.444. The number of thioether (sulfide) groups is 1. The van der Waals surface area contributed by atoms with Crippen LogP contribution >= 0.6 is 11.8 Å². The van der Waals surface area contributed by atoms with Gasteiger partial charge in [0.2, 0.25) is 5.91 Å². The van der Waals surface area contributed by atoms with E-state index in [1.807, 2.05) is 11.8 Å². The quantitative estimate of drug-likeness (QED) is 0.625. The molecule has 0 spiro atoms. The largest absolute Gasteiger partial charge is 0.370 e. The monoisotopic (exact) mass is 257 g/mol. The molecule has 3 amide bonds. The van der Waals surface area contributed by atoms with Gasteiger partial charge in [-0.25, -0.2) is 4.79 Å². The van der Waals surface area contributed by atoms with Crippen molar-refractivity contribution in [2.75, 3.05) is 5.75 Å². The van der Waals surface area contributed by atoms with Gasteiger partial charge in [-0.1, -0.05) is 6.92 Å². The Bertz CT molecular complexity index is 324. The lowest BCUT2D eigenvalue weighted by Gasteiger charge is -2.23. The number of carbonyl (C=O) groups is 2. The van der Waals surface area contributed by atoms with Crippen LogP contribution in [-0.2, 0) is 4.79 Å². The Labute approximate surface area is 105 Å². The summed E-state index contributed by atoms with van der Waals surface area (Å²) in [7, 11) is 0. The number of fused-ring (bicyclic) bond motifs is 1. The van der Waals surface area contributed by atoms with E-state index in [0.717, 1.165) is 18.6 Å². The molecular formula is C11H19N3O2S. The zero-order chi connectivity index (χ0) is 12.4. The highest BCUT2D eigenvalue weighted by atomic mass is 32.2. The molecule has 96 valence electrons. The van der Waals surface area contributed by atoms with Gasteiger partial charge in [0.1, 0.15) is 0 Å². The predicted molar refractivity (Wildman–Crippen MR) is 67.7 cm³/mol. The molecule has 4 N–H and O–H groups in total. The molecule has 2 aliphatic heterocycles. The van der Waals surface area contributed by atoms with Crippen LogP contribution in [0.2, 0.25) is 0 Å². The number of carbonyl (C=O) groups excluding carboxylic acids is 2. The Morgan fingerprint density at radius 1 is 1.59 bits per heavy atom. The van der Waals surface area contributed by atoms with Crippen molar-refractivity contribution in [2.45, 2.75) is 43.5 Å². The van der Waals surface area contributed by atoms with Gasteiger partial charge in [-0.15, -0.1) is 0 Å². The van der Waals surface area contributed by atoms with Gasteiger partial charge in [-0.3, -0.25) is 4.79 Å². The van der Waals surface area contributed by atoms with E-state index >= 15 is 0 Å². The number of primary amides is 1. The van der Waals surface area contributed by atoms with Crippen molar-refractivity contribution in [3.05, 3.63) is 0 Å². The van der Waals surface area contributed by atoms with Crippen molar-refractivity contribution >= 4 is 23.7 Å². The summed E-state index contributed by atoms with van der Waals surface area (Å²) >= 11 is 1.91. The highest BCUT2D eigenvalue weighted by Crippen LogP contribution is 2.36. The van der Waals surface area contributed by atoms with E-state index in [0.29, 0.717) is 17.6 Å². The molecule has 6 heteroatoms. The van der Waals surface area contributed by atoms with Crippen molar-refractivity contribution in [3.8, 4) is 0 Å². The Kier molecular flexibility index (Phi) is 3.81. The van der Waals surface area contributed by atoms with E-state index in [1.54, 1.807) is 0 Å². The van der Waals surface area contributed by atoms with E-state index in [-0.39, 0.29) is 24.0 Å². The van der Waals surface area contributed by atoms with Gasteiger partial charge in [-0.2, -0.15) is 11.8 Å². The first kappa shape index (κ1) is 12.5. The van der Waals surface area contributed by atoms with Crippen LogP contribution < -0.4 is 16.4 Å². The molecule has 4 unspecified atom stereocenters. The summed E-state index contributed by atoms with van der Waals surface area (Å²) in [4.78, 5) is 21.9. The van der Waals surface area contributed by atoms with Crippen LogP contribution in [0.3, 0.4) is 0 Å². The Morgan fingerprint density at radius 3 is 3.06 bits per heavy atom. The van der Waals surface area contributed by atoms with Crippen LogP contribution in [0, 0.1) is 5.92 Å². The highest BCUT2D eigenvalue weighted by molar-refractivity contribution is 8.00. The van der Waals surface area contributed by atoms with Crippen molar-refractivity contribution < 1.29 is 9.59 Å². The number of nitrogens with two attached hydrogens (primary N) is 1. The van der Waals surface area contributed by atoms with Gasteiger partial charge < -0.3 is 16.4 Å². The number of hydrogen-bond donors (Lipinski definition) is 3. The Balaban J connectivity index is 1.81. The van der Waals surface area contributed by atoms with E-state index in [1.165, 1.54) is 0 Å². The number of rotatable bonds is 5. The van der Waals surface area contributed by atoms with Gasteiger partial charge in [0, 0.05) is 17.4 Å². The minimum Gasteiger partial charge on any atom is -0.370 e. The minimum absolute atomic E-state index is 0.0466. The molecule has 0 saturated carbocycles. The first-order valence-electron chi connectivity index (χ1n) is 6.05. The van der Waals surface area contributed by atoms with Crippen molar-refractivity contribution in [1.82, 2.24) is 10.6 Å². The van der Waals surface area contributed by atoms with Gasteiger partial charge >= 0.3 is 6.03 Å². The van der Waals surface area contributed by atoms with E-state index in [9.17, 15) is 9.59 Å². The SMILES string of the molecule is CC(CCCC(N)=O)C1SCC2NC(=O)NC21. The highest BCUT2D eigenvalue weighted by Gasteiger charge is 2.44. The van der Waals surface area contributed by atoms with E-state index in [2.05, 4.69) is 17.6 Å². The summed E-state index contributed by atoms with van der Waals surface area (Å²) in [5.74, 6) is 1.24. The molecule has 0 radical (unpaired) electrons. The molecule has 4 atom stereocenters. The molecule has 2 saturated heterocycles. The zero-order valence-corrected chi connectivity index (χ0v) is 10.8. The summed E-state index contributed by atoms with van der Waals surface area (Å²) in [5, 5.41) is 6.36. The van der Waals surface area contributed by atoms with E-state index < -0.39 is 0 Å². The first-order chi connectivity index (χ1) is 8.08. The lowest BCUT2D eigenvalue weighted by molar-refractivity contribution is -0.118. The summed E-state index contributed by atoms with van der Waals surface area (Å²) in [5.41, 5.74) is 5.12. The van der Waals surface area contributed by atoms with Gasteiger partial charge in [-0.05, 0) is 18.8 Å². The molecule has 0 aromatic rings. The first-order valence-corrected chi connectivity index (χ1v) is 7.09. The molecule has 5 nitrogen and oxygen atoms in total. The number of hydrogen-bond acceptors (Lipinski definition) is 3. The van der Waals surface area contributed by atoms with Gasteiger partial charge in [0.05, 0.1) is 12.1 Å². The van der Waals surface area contributed by atoms with Crippen LogP contribution in [0.15, 0.2) is 0 Å². The number of urea groups is 1. The smallest absolute Gasteiger partial charge is 0.315 e. The average Bonchev–Trinajstić information content (AvgIpc) is 2.75. The van der Waals surface area contributed by atoms with Crippen LogP contribution in [-0.4, -0.2) is 35.0 Å². The topological polar surface area (TPSA) is 84.2 Å². The number of amides is 3. The van der Waals surface area contributed by atoms with Crippen LogP contribution in [0.1, 0.15) is 26.2 Å². The third-order valence-electron chi connectivity index (χ3n) is 3.51. The third-order valence-corrected chi connectivity index (χ3v) is 5.21. The second-order valence-corrected chi connectivity index (χ2v) is 6.09. The average molecular weight is 257 g/mol. The van der Waals surface area contributed by atoms with Crippen LogP contribution in [0.25, 0.3) is 0 Å². The van der Waals surface area contributed by atoms with Crippen LogP contribution in [0.5, 0.6) is 0 Å². The fourth-order valence-electron chi connectivity index (χ4n) is 2.61. The Hall–Kier alpha value is -0.910. The fourth-order valence-corrected chi connectivity index (χ4v) is 4.26. The molecule has 2 heterocycles. The van der Waals surface area contributed by atoms with Gasteiger partial charge in [0.15, 0.2) is 0 Å². The molecule has 2 fully saturated rings. The summed E-state index contributed by atoms with van der Waals surface area (Å²) in [6.45, 7) is 2.19. The molecule has 0 aromatic carbocycles. The maximum absolute atomic E-state index is 11.2. The second kappa shape index (κ2) is 5.16. The maximum Gasteiger partial charge on any atom is 0.315 e. The molecule has 0 aliphatic carbocycles. The molecule has 2 rings (SSSR count). The van der Waals surface area contributed by atoms with Crippen LogP contribution in [0.4, 0.5) is 4.79 Å². The second-order valence-electron chi connectivity index (χ2n) is 4.88. The van der Waals surface area contributed by atoms with E-state index in [4.69, 9.17) is 5.73 Å². The summed E-state index contributed by atoms with van der Waals surface area (Å²) in [6, 6.07) is 0.474. The van der Waals surface area contributed by atoms with Crippen molar-refractivity contribution in [3.63, 3.8) is 0 Å². The molecular weight excluding hydrogens is 238 g/mol. The molecule has 17 heavy (non-hydrogen) atoms. The third kappa shape index (κ3) is 2.86. The number of nitrogens with one attached hydrogen (secondary N) is 2. The summed E-state index contributed by atoms with van der Waals surface area (Å²) < 4.78 is 0. The standard InChI is InChI=1S/C11H19N3O2S/c1-6(3-2-4-8(12)15)10-9-7(5-17-10)13-11(16)14-9/h6-7,9-10H,2-5H2,1H3,(H2,12,15)(H2,13,14,16). The van der Waals surface area contributed by atoms with Crippen molar-refractivity contribution in [1.29, 1.82) is 0 Å². The molecule has 0 aromatic heterocycles.